The van der Waals surface area contributed by atoms with Gasteiger partial charge in [-0.05, 0) is 23.8 Å². The summed E-state index contributed by atoms with van der Waals surface area (Å²) in [5, 5.41) is 12.3. The van der Waals surface area contributed by atoms with E-state index in [1.165, 1.54) is 0 Å². The lowest BCUT2D eigenvalue weighted by Gasteiger charge is -2.13. The van der Waals surface area contributed by atoms with Crippen LogP contribution in [0.4, 0.5) is 13.2 Å². The van der Waals surface area contributed by atoms with Crippen LogP contribution in [0, 0.1) is 0 Å². The molecule has 0 heterocycles. The maximum atomic E-state index is 12.7. The molecule has 146 valence electrons. The molecule has 6 nitrogen and oxygen atoms in total. The number of benzene rings is 2. The van der Waals surface area contributed by atoms with Crippen molar-refractivity contribution in [3.8, 4) is 0 Å². The number of alkyl halides is 3. The van der Waals surface area contributed by atoms with Crippen LogP contribution in [0.5, 0.6) is 0 Å². The van der Waals surface area contributed by atoms with Crippen molar-refractivity contribution in [2.75, 3.05) is 13.1 Å². The molecule has 0 aromatic heterocycles. The topological polar surface area (TPSA) is 95.5 Å². The SMILES string of the molecule is O=C(CNS(=O)(=O)c1cccc(C(F)(F)F)c1)NCC(O)c1ccccc1. The Bertz CT molecular complexity index is 887. The number of amides is 1. The average molecular weight is 402 g/mol. The number of carbonyl (C=O) groups excluding carboxylic acids is 1. The Kier molecular flexibility index (Phi) is 6.58. The first-order chi connectivity index (χ1) is 12.6. The summed E-state index contributed by atoms with van der Waals surface area (Å²) in [6, 6.07) is 11.7. The van der Waals surface area contributed by atoms with E-state index in [1.54, 1.807) is 30.3 Å². The number of nitrogens with one attached hydrogen (secondary N) is 2. The fraction of sp³-hybridized carbons (Fsp3) is 0.235. The number of aliphatic hydroxyl groups is 1. The number of rotatable bonds is 7. The molecule has 0 bridgehead atoms. The molecule has 0 aliphatic rings. The second-order valence-corrected chi connectivity index (χ2v) is 7.35. The van der Waals surface area contributed by atoms with Gasteiger partial charge in [0.15, 0.2) is 0 Å². The van der Waals surface area contributed by atoms with Crippen molar-refractivity contribution < 1.29 is 31.5 Å². The Labute approximate surface area is 154 Å². The Morgan fingerprint density at radius 1 is 1.07 bits per heavy atom. The molecule has 0 spiro atoms. The zero-order valence-corrected chi connectivity index (χ0v) is 14.7. The third kappa shape index (κ3) is 6.05. The molecule has 1 atom stereocenters. The third-order valence-corrected chi connectivity index (χ3v) is 4.97. The Morgan fingerprint density at radius 2 is 1.74 bits per heavy atom. The van der Waals surface area contributed by atoms with Crippen molar-refractivity contribution in [2.24, 2.45) is 0 Å². The number of carbonyl (C=O) groups is 1. The average Bonchev–Trinajstić information content (AvgIpc) is 2.64. The van der Waals surface area contributed by atoms with Crippen LogP contribution in [0.1, 0.15) is 17.2 Å². The maximum absolute atomic E-state index is 12.7. The van der Waals surface area contributed by atoms with Crippen LogP contribution >= 0.6 is 0 Å². The second-order valence-electron chi connectivity index (χ2n) is 5.58. The first-order valence-corrected chi connectivity index (χ1v) is 9.24. The first-order valence-electron chi connectivity index (χ1n) is 7.76. The lowest BCUT2D eigenvalue weighted by Crippen LogP contribution is -2.38. The molecule has 10 heteroatoms. The Morgan fingerprint density at radius 3 is 2.37 bits per heavy atom. The fourth-order valence-electron chi connectivity index (χ4n) is 2.15. The highest BCUT2D eigenvalue weighted by Crippen LogP contribution is 2.30. The summed E-state index contributed by atoms with van der Waals surface area (Å²) >= 11 is 0. The molecule has 2 aromatic rings. The van der Waals surface area contributed by atoms with Crippen LogP contribution in [-0.2, 0) is 21.0 Å². The Hall–Kier alpha value is -2.43. The minimum Gasteiger partial charge on any atom is -0.387 e. The van der Waals surface area contributed by atoms with Crippen LogP contribution in [0.15, 0.2) is 59.5 Å². The van der Waals surface area contributed by atoms with Gasteiger partial charge in [-0.3, -0.25) is 4.79 Å². The van der Waals surface area contributed by atoms with E-state index >= 15 is 0 Å². The minimum atomic E-state index is -4.68. The lowest BCUT2D eigenvalue weighted by atomic mass is 10.1. The highest BCUT2D eigenvalue weighted by Gasteiger charge is 2.31. The highest BCUT2D eigenvalue weighted by molar-refractivity contribution is 7.89. The molecule has 0 aliphatic carbocycles. The van der Waals surface area contributed by atoms with Gasteiger partial charge in [0.25, 0.3) is 0 Å². The zero-order valence-electron chi connectivity index (χ0n) is 13.9. The largest absolute Gasteiger partial charge is 0.416 e. The molecule has 2 aromatic carbocycles. The van der Waals surface area contributed by atoms with Gasteiger partial charge in [-0.1, -0.05) is 36.4 Å². The van der Waals surface area contributed by atoms with Gasteiger partial charge in [0.05, 0.1) is 23.1 Å². The van der Waals surface area contributed by atoms with E-state index in [0.29, 0.717) is 11.6 Å². The quantitative estimate of drug-likeness (QED) is 0.659. The monoisotopic (exact) mass is 402 g/mol. The normalized spacial score (nSPS) is 13.2. The summed E-state index contributed by atoms with van der Waals surface area (Å²) in [6.45, 7) is -0.825. The Balaban J connectivity index is 1.92. The molecular formula is C17H17F3N2O4S. The molecule has 2 rings (SSSR count). The van der Waals surface area contributed by atoms with E-state index in [0.717, 1.165) is 18.2 Å². The molecule has 0 fully saturated rings. The summed E-state index contributed by atoms with van der Waals surface area (Å²) in [4.78, 5) is 11.2. The van der Waals surface area contributed by atoms with Gasteiger partial charge >= 0.3 is 6.18 Å². The van der Waals surface area contributed by atoms with Gasteiger partial charge in [0.1, 0.15) is 0 Å². The predicted octanol–water partition coefficient (Wildman–Crippen LogP) is 1.83. The summed E-state index contributed by atoms with van der Waals surface area (Å²) in [6.07, 6.45) is -5.66. The number of sulfonamides is 1. The number of aliphatic hydroxyl groups excluding tert-OH is 1. The summed E-state index contributed by atoms with van der Waals surface area (Å²) in [7, 11) is -4.30. The van der Waals surface area contributed by atoms with Crippen LogP contribution in [-0.4, -0.2) is 32.5 Å². The van der Waals surface area contributed by atoms with Gasteiger partial charge in [-0.15, -0.1) is 0 Å². The van der Waals surface area contributed by atoms with Gasteiger partial charge in [0.2, 0.25) is 15.9 Å². The molecular weight excluding hydrogens is 385 g/mol. The van der Waals surface area contributed by atoms with Crippen molar-refractivity contribution in [1.82, 2.24) is 10.0 Å². The van der Waals surface area contributed by atoms with Crippen molar-refractivity contribution >= 4 is 15.9 Å². The number of hydrogen-bond acceptors (Lipinski definition) is 4. The first kappa shape index (κ1) is 20.9. The summed E-state index contributed by atoms with van der Waals surface area (Å²) in [5.74, 6) is -0.736. The predicted molar refractivity (Wildman–Crippen MR) is 91.0 cm³/mol. The van der Waals surface area contributed by atoms with Gasteiger partial charge < -0.3 is 10.4 Å². The van der Waals surface area contributed by atoms with Crippen LogP contribution in [0.2, 0.25) is 0 Å². The minimum absolute atomic E-state index is 0.145. The van der Waals surface area contributed by atoms with Crippen molar-refractivity contribution in [3.63, 3.8) is 0 Å². The van der Waals surface area contributed by atoms with Crippen LogP contribution in [0.25, 0.3) is 0 Å². The molecule has 1 amide bonds. The van der Waals surface area contributed by atoms with Gasteiger partial charge in [-0.25, -0.2) is 13.1 Å². The third-order valence-electron chi connectivity index (χ3n) is 3.57. The fourth-order valence-corrected chi connectivity index (χ4v) is 3.18. The van der Waals surface area contributed by atoms with Crippen molar-refractivity contribution in [3.05, 3.63) is 65.7 Å². The standard InChI is InChI=1S/C17H17F3N2O4S/c18-17(19,20)13-7-4-8-14(9-13)27(25,26)22-11-16(24)21-10-15(23)12-5-2-1-3-6-12/h1-9,15,22-23H,10-11H2,(H,21,24). The number of halogens is 3. The van der Waals surface area contributed by atoms with Crippen molar-refractivity contribution in [1.29, 1.82) is 0 Å². The summed E-state index contributed by atoms with van der Waals surface area (Å²) < 4.78 is 64.1. The summed E-state index contributed by atoms with van der Waals surface area (Å²) in [5.41, 5.74) is -0.539. The van der Waals surface area contributed by atoms with Crippen LogP contribution < -0.4 is 10.0 Å². The van der Waals surface area contributed by atoms with E-state index in [1.807, 2.05) is 4.72 Å². The maximum Gasteiger partial charge on any atom is 0.416 e. The van der Waals surface area contributed by atoms with E-state index in [9.17, 15) is 31.5 Å². The molecule has 27 heavy (non-hydrogen) atoms. The van der Waals surface area contributed by atoms with Crippen LogP contribution in [0.3, 0.4) is 0 Å². The molecule has 0 saturated carbocycles. The molecule has 3 N–H and O–H groups in total. The van der Waals surface area contributed by atoms with E-state index in [-0.39, 0.29) is 6.54 Å². The van der Waals surface area contributed by atoms with E-state index in [2.05, 4.69) is 5.32 Å². The van der Waals surface area contributed by atoms with Gasteiger partial charge in [-0.2, -0.15) is 13.2 Å². The van der Waals surface area contributed by atoms with Gasteiger partial charge in [0, 0.05) is 6.54 Å². The molecule has 0 radical (unpaired) electrons. The second kappa shape index (κ2) is 8.51. The van der Waals surface area contributed by atoms with Crippen molar-refractivity contribution in [2.45, 2.75) is 17.2 Å². The molecule has 0 aliphatic heterocycles. The van der Waals surface area contributed by atoms with E-state index < -0.39 is 45.2 Å². The zero-order chi connectivity index (χ0) is 20.1. The molecule has 0 saturated heterocycles. The smallest absolute Gasteiger partial charge is 0.387 e. The highest BCUT2D eigenvalue weighted by atomic mass is 32.2. The molecule has 1 unspecified atom stereocenters. The van der Waals surface area contributed by atoms with E-state index in [4.69, 9.17) is 0 Å². The number of hydrogen-bond donors (Lipinski definition) is 3. The lowest BCUT2D eigenvalue weighted by molar-refractivity contribution is -0.137.